The minimum absolute atomic E-state index is 0.248. The van der Waals surface area contributed by atoms with Gasteiger partial charge in [0.2, 0.25) is 0 Å². The third-order valence-electron chi connectivity index (χ3n) is 6.06. The fourth-order valence-electron chi connectivity index (χ4n) is 4.21. The summed E-state index contributed by atoms with van der Waals surface area (Å²) in [6.45, 7) is 0.836. The van der Waals surface area contributed by atoms with E-state index in [1.165, 1.54) is 7.11 Å². The molecule has 188 valence electrons. The minimum Gasteiger partial charge on any atom is -0.375 e. The Kier molecular flexibility index (Phi) is 9.59. The molecule has 3 aromatic rings. The minimum atomic E-state index is -1.44. The molecule has 0 spiro atoms. The third-order valence-corrected chi connectivity index (χ3v) is 6.06. The van der Waals surface area contributed by atoms with Crippen LogP contribution in [-0.2, 0) is 43.5 Å². The van der Waals surface area contributed by atoms with Crippen LogP contribution in [0.2, 0.25) is 0 Å². The topological polar surface area (TPSA) is 90.2 Å². The van der Waals surface area contributed by atoms with Crippen molar-refractivity contribution in [3.8, 4) is 6.07 Å². The van der Waals surface area contributed by atoms with E-state index in [2.05, 4.69) is 0 Å². The average molecular weight is 490 g/mol. The largest absolute Gasteiger partial charge is 0.375 e. The first-order chi connectivity index (χ1) is 17.7. The highest BCUT2D eigenvalue weighted by Gasteiger charge is 2.51. The summed E-state index contributed by atoms with van der Waals surface area (Å²) < 4.78 is 30.6. The van der Waals surface area contributed by atoms with Crippen molar-refractivity contribution in [2.24, 2.45) is 0 Å². The molecule has 36 heavy (non-hydrogen) atoms. The maximum atomic E-state index is 10.5. The summed E-state index contributed by atoms with van der Waals surface area (Å²) in [5.74, 6) is 0. The Morgan fingerprint density at radius 2 is 1.14 bits per heavy atom. The number of aliphatic hydroxyl groups excluding tert-OH is 1. The zero-order chi connectivity index (χ0) is 25.2. The van der Waals surface area contributed by atoms with Crippen LogP contribution in [0.25, 0.3) is 0 Å². The Morgan fingerprint density at radius 3 is 1.56 bits per heavy atom. The number of aliphatic hydroxyl groups is 1. The number of hydrogen-bond acceptors (Lipinski definition) is 7. The molecule has 0 unspecified atom stereocenters. The van der Waals surface area contributed by atoms with Gasteiger partial charge in [-0.2, -0.15) is 5.26 Å². The van der Waals surface area contributed by atoms with Gasteiger partial charge in [-0.15, -0.1) is 0 Å². The molecular weight excluding hydrogens is 458 g/mol. The van der Waals surface area contributed by atoms with E-state index in [1.54, 1.807) is 0 Å². The standard InChI is InChI=1S/C29H31NO6/c1-32-29-28(35-20-23-15-9-4-10-16-23)27(34-19-22-13-7-3-8-14-22)26(25(36-29)24(31)17-30)33-18-21-11-5-2-6-12-21/h2-16,24-29,31H,18-20H2,1H3/t24-,25-,26-,27+,28+,29+/m0/s1. The number of rotatable bonds is 11. The lowest BCUT2D eigenvalue weighted by molar-refractivity contribution is -0.326. The lowest BCUT2D eigenvalue weighted by Gasteiger charge is -2.46. The van der Waals surface area contributed by atoms with Gasteiger partial charge in [0.05, 0.1) is 25.9 Å². The number of nitrogens with zero attached hydrogens (tertiary/aromatic N) is 1. The van der Waals surface area contributed by atoms with E-state index >= 15 is 0 Å². The zero-order valence-electron chi connectivity index (χ0n) is 20.2. The highest BCUT2D eigenvalue weighted by molar-refractivity contribution is 5.16. The van der Waals surface area contributed by atoms with E-state index in [1.807, 2.05) is 97.1 Å². The van der Waals surface area contributed by atoms with E-state index in [0.29, 0.717) is 6.61 Å². The molecular formula is C29H31NO6. The summed E-state index contributed by atoms with van der Waals surface area (Å²) in [5, 5.41) is 20.1. The van der Waals surface area contributed by atoms with Crippen molar-refractivity contribution in [2.45, 2.75) is 56.6 Å². The van der Waals surface area contributed by atoms with Crippen molar-refractivity contribution < 1.29 is 28.8 Å². The van der Waals surface area contributed by atoms with Crippen LogP contribution in [0.4, 0.5) is 0 Å². The first kappa shape index (κ1) is 26.0. The van der Waals surface area contributed by atoms with Crippen LogP contribution in [0.3, 0.4) is 0 Å². The number of hydrogen-bond donors (Lipinski definition) is 1. The molecule has 0 amide bonds. The van der Waals surface area contributed by atoms with Crippen molar-refractivity contribution in [3.63, 3.8) is 0 Å². The Bertz CT molecular complexity index is 1080. The second-order valence-electron chi connectivity index (χ2n) is 8.56. The normalized spacial score (nSPS) is 24.6. The Hall–Kier alpha value is -3.09. The Morgan fingerprint density at radius 1 is 0.722 bits per heavy atom. The van der Waals surface area contributed by atoms with E-state index < -0.39 is 36.8 Å². The van der Waals surface area contributed by atoms with Gasteiger partial charge in [0.15, 0.2) is 12.4 Å². The van der Waals surface area contributed by atoms with Gasteiger partial charge in [-0.05, 0) is 16.7 Å². The van der Waals surface area contributed by atoms with Crippen LogP contribution in [0.15, 0.2) is 91.0 Å². The fraction of sp³-hybridized carbons (Fsp3) is 0.345. The zero-order valence-corrected chi connectivity index (χ0v) is 20.2. The van der Waals surface area contributed by atoms with Crippen molar-refractivity contribution in [3.05, 3.63) is 108 Å². The molecule has 0 aliphatic carbocycles. The molecule has 4 rings (SSSR count). The molecule has 3 aromatic carbocycles. The molecule has 1 saturated heterocycles. The van der Waals surface area contributed by atoms with Crippen molar-refractivity contribution in [1.82, 2.24) is 0 Å². The number of methoxy groups -OCH3 is 1. The van der Waals surface area contributed by atoms with Gasteiger partial charge < -0.3 is 28.8 Å². The van der Waals surface area contributed by atoms with Crippen LogP contribution in [-0.4, -0.2) is 49.0 Å². The SMILES string of the molecule is CO[C@@H]1O[C@@H]([C@@H](O)C#N)[C@H](OCc2ccccc2)[C@@H](OCc2ccccc2)[C@H]1OCc1ccccc1. The molecule has 0 saturated carbocycles. The second-order valence-corrected chi connectivity index (χ2v) is 8.56. The Balaban J connectivity index is 1.62. The molecule has 7 heteroatoms. The summed E-state index contributed by atoms with van der Waals surface area (Å²) in [6, 6.07) is 31.1. The van der Waals surface area contributed by atoms with Gasteiger partial charge in [0.25, 0.3) is 0 Å². The van der Waals surface area contributed by atoms with Crippen molar-refractivity contribution in [1.29, 1.82) is 5.26 Å². The highest BCUT2D eigenvalue weighted by atomic mass is 16.7. The van der Waals surface area contributed by atoms with Gasteiger partial charge in [-0.3, -0.25) is 0 Å². The molecule has 7 nitrogen and oxygen atoms in total. The molecule has 6 atom stereocenters. The maximum Gasteiger partial charge on any atom is 0.186 e. The summed E-state index contributed by atoms with van der Waals surface area (Å²) in [6.07, 6.45) is -5.48. The highest BCUT2D eigenvalue weighted by Crippen LogP contribution is 2.32. The van der Waals surface area contributed by atoms with Crippen LogP contribution in [0, 0.1) is 11.3 Å². The maximum absolute atomic E-state index is 10.5. The van der Waals surface area contributed by atoms with Gasteiger partial charge in [0, 0.05) is 7.11 Å². The number of nitriles is 1. The first-order valence-corrected chi connectivity index (χ1v) is 11.9. The molecule has 1 fully saturated rings. The summed E-state index contributed by atoms with van der Waals surface area (Å²) >= 11 is 0. The van der Waals surface area contributed by atoms with Gasteiger partial charge >= 0.3 is 0 Å². The van der Waals surface area contributed by atoms with E-state index in [4.69, 9.17) is 23.7 Å². The summed E-state index contributed by atoms with van der Waals surface area (Å²) in [5.41, 5.74) is 2.90. The van der Waals surface area contributed by atoms with E-state index in [9.17, 15) is 10.4 Å². The van der Waals surface area contributed by atoms with Crippen LogP contribution >= 0.6 is 0 Å². The number of benzene rings is 3. The quantitative estimate of drug-likeness (QED) is 0.407. The average Bonchev–Trinajstić information content (AvgIpc) is 2.94. The number of ether oxygens (including phenoxy) is 5. The van der Waals surface area contributed by atoms with Crippen LogP contribution in [0.5, 0.6) is 0 Å². The predicted octanol–water partition coefficient (Wildman–Crippen LogP) is 4.00. The first-order valence-electron chi connectivity index (χ1n) is 11.9. The summed E-state index contributed by atoms with van der Waals surface area (Å²) in [4.78, 5) is 0. The smallest absolute Gasteiger partial charge is 0.186 e. The predicted molar refractivity (Wildman–Crippen MR) is 132 cm³/mol. The van der Waals surface area contributed by atoms with E-state index in [-0.39, 0.29) is 13.2 Å². The lowest BCUT2D eigenvalue weighted by Crippen LogP contribution is -2.63. The van der Waals surface area contributed by atoms with E-state index in [0.717, 1.165) is 16.7 Å². The van der Waals surface area contributed by atoms with Crippen molar-refractivity contribution >= 4 is 0 Å². The monoisotopic (exact) mass is 489 g/mol. The van der Waals surface area contributed by atoms with Crippen LogP contribution in [0.1, 0.15) is 16.7 Å². The van der Waals surface area contributed by atoms with Crippen LogP contribution < -0.4 is 0 Å². The third kappa shape index (κ3) is 6.77. The molecule has 1 aliphatic heterocycles. The Labute approximate surface area is 211 Å². The van der Waals surface area contributed by atoms with Crippen molar-refractivity contribution in [2.75, 3.05) is 7.11 Å². The lowest BCUT2D eigenvalue weighted by atomic mass is 9.94. The molecule has 0 radical (unpaired) electrons. The molecule has 1 heterocycles. The van der Waals surface area contributed by atoms with Gasteiger partial charge in [-0.1, -0.05) is 91.0 Å². The molecule has 0 aromatic heterocycles. The fourth-order valence-corrected chi connectivity index (χ4v) is 4.21. The molecule has 0 bridgehead atoms. The molecule has 1 N–H and O–H groups in total. The van der Waals surface area contributed by atoms with Gasteiger partial charge in [-0.25, -0.2) is 0 Å². The summed E-state index contributed by atoms with van der Waals surface area (Å²) in [7, 11) is 1.50. The molecule has 1 aliphatic rings. The van der Waals surface area contributed by atoms with Gasteiger partial charge in [0.1, 0.15) is 24.4 Å². The second kappa shape index (κ2) is 13.3.